The third-order valence-corrected chi connectivity index (χ3v) is 3.90. The van der Waals surface area contributed by atoms with Crippen LogP contribution >= 0.6 is 0 Å². The van der Waals surface area contributed by atoms with Gasteiger partial charge in [-0.15, -0.1) is 0 Å². The topological polar surface area (TPSA) is 95.7 Å². The van der Waals surface area contributed by atoms with Crippen molar-refractivity contribution < 1.29 is 14.7 Å². The number of aliphatic hydroxyl groups is 1. The van der Waals surface area contributed by atoms with E-state index < -0.39 is 12.1 Å². The fourth-order valence-electron chi connectivity index (χ4n) is 2.51. The number of anilines is 1. The van der Waals surface area contributed by atoms with Crippen LogP contribution in [0.5, 0.6) is 0 Å². The summed E-state index contributed by atoms with van der Waals surface area (Å²) >= 11 is 0. The van der Waals surface area contributed by atoms with Gasteiger partial charge in [-0.25, -0.2) is 4.79 Å². The number of nitrogens with zero attached hydrogens (tertiary/aromatic N) is 1. The molecule has 4 N–H and O–H groups in total. The van der Waals surface area contributed by atoms with Crippen LogP contribution in [-0.2, 0) is 0 Å². The minimum absolute atomic E-state index is 0.186. The molecule has 0 fully saturated rings. The van der Waals surface area contributed by atoms with Gasteiger partial charge in [0.15, 0.2) is 0 Å². The lowest BCUT2D eigenvalue weighted by atomic mass is 10.1. The van der Waals surface area contributed by atoms with Gasteiger partial charge < -0.3 is 21.1 Å². The molecule has 2 aromatic carbocycles. The Morgan fingerprint density at radius 1 is 1.20 bits per heavy atom. The number of hydrogen-bond acceptors (Lipinski definition) is 3. The fraction of sp³-hybridized carbons (Fsp3) is 0.263. The van der Waals surface area contributed by atoms with Crippen molar-refractivity contribution in [3.05, 3.63) is 65.2 Å². The molecule has 0 saturated carbocycles. The van der Waals surface area contributed by atoms with Gasteiger partial charge in [-0.3, -0.25) is 4.79 Å². The van der Waals surface area contributed by atoms with Crippen LogP contribution < -0.4 is 11.1 Å². The number of primary amides is 1. The van der Waals surface area contributed by atoms with Gasteiger partial charge in [-0.1, -0.05) is 35.9 Å². The van der Waals surface area contributed by atoms with E-state index in [1.165, 1.54) is 0 Å². The summed E-state index contributed by atoms with van der Waals surface area (Å²) in [4.78, 5) is 25.2. The van der Waals surface area contributed by atoms with Gasteiger partial charge in [-0.2, -0.15) is 0 Å². The van der Waals surface area contributed by atoms with E-state index in [2.05, 4.69) is 5.32 Å². The summed E-state index contributed by atoms with van der Waals surface area (Å²) in [5.74, 6) is -0.221. The van der Waals surface area contributed by atoms with Gasteiger partial charge >= 0.3 is 6.03 Å². The average molecular weight is 341 g/mol. The Hall–Kier alpha value is -2.86. The first-order valence-corrected chi connectivity index (χ1v) is 8.11. The Balaban J connectivity index is 2.12. The SMILES string of the molecule is CCN(CC(O)c1ccc(C)cc1)C(=O)c1cccc(NC(N)=O)c1. The van der Waals surface area contributed by atoms with E-state index in [-0.39, 0.29) is 12.5 Å². The molecule has 0 aliphatic rings. The standard InChI is InChI=1S/C19H23N3O3/c1-3-22(12-17(23)14-9-7-13(2)8-10-14)18(24)15-5-4-6-16(11-15)21-19(20)25/h4-11,17,23H,3,12H2,1-2H3,(H3,20,21,25). The van der Waals surface area contributed by atoms with E-state index in [4.69, 9.17) is 5.73 Å². The number of urea groups is 1. The lowest BCUT2D eigenvalue weighted by molar-refractivity contribution is 0.0635. The number of aliphatic hydroxyl groups excluding tert-OH is 1. The Morgan fingerprint density at radius 2 is 1.88 bits per heavy atom. The summed E-state index contributed by atoms with van der Waals surface area (Å²) in [7, 11) is 0. The molecule has 0 bridgehead atoms. The van der Waals surface area contributed by atoms with Crippen molar-refractivity contribution in [2.24, 2.45) is 5.73 Å². The Bertz CT molecular complexity index is 744. The Kier molecular flexibility index (Phi) is 6.14. The maximum absolute atomic E-state index is 12.7. The van der Waals surface area contributed by atoms with Crippen LogP contribution in [0, 0.1) is 6.92 Å². The lowest BCUT2D eigenvalue weighted by Crippen LogP contribution is -2.34. The molecule has 0 aliphatic carbocycles. The lowest BCUT2D eigenvalue weighted by Gasteiger charge is -2.24. The maximum Gasteiger partial charge on any atom is 0.316 e. The second-order valence-electron chi connectivity index (χ2n) is 5.84. The van der Waals surface area contributed by atoms with Crippen LogP contribution in [0.2, 0.25) is 0 Å². The van der Waals surface area contributed by atoms with Crippen LogP contribution in [0.1, 0.15) is 34.5 Å². The molecule has 6 heteroatoms. The zero-order chi connectivity index (χ0) is 18.4. The number of likely N-dealkylation sites (N-methyl/N-ethyl adjacent to an activating group) is 1. The van der Waals surface area contributed by atoms with Gasteiger partial charge in [0.2, 0.25) is 0 Å². The zero-order valence-corrected chi connectivity index (χ0v) is 14.4. The van der Waals surface area contributed by atoms with Gasteiger partial charge in [0.05, 0.1) is 12.6 Å². The van der Waals surface area contributed by atoms with Crippen LogP contribution in [0.25, 0.3) is 0 Å². The van der Waals surface area contributed by atoms with Crippen molar-refractivity contribution in [1.29, 1.82) is 0 Å². The molecule has 2 aromatic rings. The molecular weight excluding hydrogens is 318 g/mol. The molecule has 1 unspecified atom stereocenters. The minimum atomic E-state index is -0.767. The quantitative estimate of drug-likeness (QED) is 0.754. The molecule has 2 rings (SSSR count). The van der Waals surface area contributed by atoms with Gasteiger partial charge in [0.1, 0.15) is 0 Å². The number of aryl methyl sites for hydroxylation is 1. The third-order valence-electron chi connectivity index (χ3n) is 3.90. The first kappa shape index (κ1) is 18.5. The van der Waals surface area contributed by atoms with E-state index in [1.54, 1.807) is 29.2 Å². The molecule has 132 valence electrons. The smallest absolute Gasteiger partial charge is 0.316 e. The number of benzene rings is 2. The predicted molar refractivity (Wildman–Crippen MR) is 97.4 cm³/mol. The average Bonchev–Trinajstić information content (AvgIpc) is 2.59. The zero-order valence-electron chi connectivity index (χ0n) is 14.4. The van der Waals surface area contributed by atoms with Crippen LogP contribution in [0.3, 0.4) is 0 Å². The monoisotopic (exact) mass is 341 g/mol. The van der Waals surface area contributed by atoms with E-state index in [1.807, 2.05) is 38.1 Å². The van der Waals surface area contributed by atoms with E-state index >= 15 is 0 Å². The van der Waals surface area contributed by atoms with Crippen molar-refractivity contribution in [2.45, 2.75) is 20.0 Å². The summed E-state index contributed by atoms with van der Waals surface area (Å²) in [5.41, 5.74) is 7.85. The number of carbonyl (C=O) groups is 2. The van der Waals surface area contributed by atoms with Crippen LogP contribution in [-0.4, -0.2) is 35.0 Å². The third kappa shape index (κ3) is 5.06. The minimum Gasteiger partial charge on any atom is -0.387 e. The number of rotatable bonds is 6. The van der Waals surface area contributed by atoms with Crippen LogP contribution in [0.15, 0.2) is 48.5 Å². The molecule has 25 heavy (non-hydrogen) atoms. The van der Waals surface area contributed by atoms with Crippen molar-refractivity contribution >= 4 is 17.6 Å². The molecule has 0 heterocycles. The molecule has 0 saturated heterocycles. The highest BCUT2D eigenvalue weighted by Crippen LogP contribution is 2.18. The highest BCUT2D eigenvalue weighted by atomic mass is 16.3. The largest absolute Gasteiger partial charge is 0.387 e. The van der Waals surface area contributed by atoms with Crippen molar-refractivity contribution in [3.8, 4) is 0 Å². The van der Waals surface area contributed by atoms with E-state index in [9.17, 15) is 14.7 Å². The summed E-state index contributed by atoms with van der Waals surface area (Å²) in [6.07, 6.45) is -0.767. The highest BCUT2D eigenvalue weighted by Gasteiger charge is 2.19. The molecule has 6 nitrogen and oxygen atoms in total. The summed E-state index contributed by atoms with van der Waals surface area (Å²) in [5, 5.41) is 12.9. The molecule has 1 atom stereocenters. The highest BCUT2D eigenvalue weighted by molar-refractivity contribution is 5.96. The fourth-order valence-corrected chi connectivity index (χ4v) is 2.51. The molecule has 0 radical (unpaired) electrons. The Morgan fingerprint density at radius 3 is 2.48 bits per heavy atom. The van der Waals surface area contributed by atoms with Crippen molar-refractivity contribution in [1.82, 2.24) is 4.90 Å². The number of amides is 3. The van der Waals surface area contributed by atoms with E-state index in [0.717, 1.165) is 11.1 Å². The Labute approximate surface area is 147 Å². The first-order valence-electron chi connectivity index (χ1n) is 8.11. The molecule has 3 amide bonds. The summed E-state index contributed by atoms with van der Waals surface area (Å²) in [6, 6.07) is 13.4. The van der Waals surface area contributed by atoms with Gasteiger partial charge in [-0.05, 0) is 37.6 Å². The molecule has 0 spiro atoms. The van der Waals surface area contributed by atoms with Crippen LogP contribution in [0.4, 0.5) is 10.5 Å². The van der Waals surface area contributed by atoms with Gasteiger partial charge in [0, 0.05) is 17.8 Å². The summed E-state index contributed by atoms with van der Waals surface area (Å²) in [6.45, 7) is 4.47. The number of nitrogens with one attached hydrogen (secondary N) is 1. The van der Waals surface area contributed by atoms with Gasteiger partial charge in [0.25, 0.3) is 5.91 Å². The number of nitrogens with two attached hydrogens (primary N) is 1. The second-order valence-corrected chi connectivity index (χ2v) is 5.84. The normalized spacial score (nSPS) is 11.6. The second kappa shape index (κ2) is 8.30. The van der Waals surface area contributed by atoms with Crippen molar-refractivity contribution in [3.63, 3.8) is 0 Å². The molecule has 0 aliphatic heterocycles. The first-order chi connectivity index (χ1) is 11.9. The van der Waals surface area contributed by atoms with Crippen molar-refractivity contribution in [2.75, 3.05) is 18.4 Å². The molecular formula is C19H23N3O3. The predicted octanol–water partition coefficient (Wildman–Crippen LogP) is 2.68. The molecule has 0 aromatic heterocycles. The number of carbonyl (C=O) groups excluding carboxylic acids is 2. The number of hydrogen-bond donors (Lipinski definition) is 3. The maximum atomic E-state index is 12.7. The summed E-state index contributed by atoms with van der Waals surface area (Å²) < 4.78 is 0. The van der Waals surface area contributed by atoms with E-state index in [0.29, 0.717) is 17.8 Å².